The van der Waals surface area contributed by atoms with Crippen LogP contribution in [0.15, 0.2) is 18.2 Å². The number of hydrogen-bond donors (Lipinski definition) is 0. The number of aldehydes is 1. The maximum Gasteiger partial charge on any atom is 0.123 e. The minimum atomic E-state index is 0.553. The van der Waals surface area contributed by atoms with Crippen LogP contribution in [-0.2, 0) is 11.2 Å². The molecule has 0 N–H and O–H groups in total. The van der Waals surface area contributed by atoms with Gasteiger partial charge in [0.25, 0.3) is 0 Å². The van der Waals surface area contributed by atoms with Gasteiger partial charge in [0.15, 0.2) is 0 Å². The van der Waals surface area contributed by atoms with Crippen LogP contribution in [-0.4, -0.2) is 13.4 Å². The van der Waals surface area contributed by atoms with Crippen molar-refractivity contribution in [3.05, 3.63) is 27.3 Å². The summed E-state index contributed by atoms with van der Waals surface area (Å²) < 4.78 is 6.35. The van der Waals surface area contributed by atoms with Gasteiger partial charge in [0.1, 0.15) is 12.0 Å². The quantitative estimate of drug-likeness (QED) is 0.629. The van der Waals surface area contributed by atoms with E-state index in [9.17, 15) is 4.79 Å². The molecule has 1 aromatic rings. The van der Waals surface area contributed by atoms with Crippen LogP contribution in [0.3, 0.4) is 0 Å². The molecule has 13 heavy (non-hydrogen) atoms. The van der Waals surface area contributed by atoms with E-state index in [1.807, 2.05) is 18.2 Å². The second kappa shape index (κ2) is 5.21. The second-order valence-electron chi connectivity index (χ2n) is 2.66. The molecule has 3 heteroatoms. The van der Waals surface area contributed by atoms with Crippen molar-refractivity contribution in [1.82, 2.24) is 0 Å². The molecule has 1 aromatic carbocycles. The third-order valence-electron chi connectivity index (χ3n) is 1.78. The molecule has 0 atom stereocenters. The molecular formula is C10H11IO2. The van der Waals surface area contributed by atoms with Gasteiger partial charge in [0.2, 0.25) is 0 Å². The van der Waals surface area contributed by atoms with Crippen LogP contribution < -0.4 is 4.74 Å². The van der Waals surface area contributed by atoms with Crippen molar-refractivity contribution >= 4 is 28.9 Å². The number of rotatable bonds is 4. The summed E-state index contributed by atoms with van der Waals surface area (Å²) >= 11 is 2.23. The Hall–Kier alpha value is -0.580. The van der Waals surface area contributed by atoms with Crippen molar-refractivity contribution in [3.8, 4) is 5.75 Å². The molecule has 0 aliphatic rings. The molecular weight excluding hydrogens is 279 g/mol. The van der Waals surface area contributed by atoms with Gasteiger partial charge < -0.3 is 9.53 Å². The van der Waals surface area contributed by atoms with E-state index in [4.69, 9.17) is 4.74 Å². The average Bonchev–Trinajstić information content (AvgIpc) is 2.16. The van der Waals surface area contributed by atoms with Gasteiger partial charge in [0, 0.05) is 9.99 Å². The van der Waals surface area contributed by atoms with Gasteiger partial charge in [-0.05, 0) is 46.7 Å². The van der Waals surface area contributed by atoms with Gasteiger partial charge in [-0.1, -0.05) is 6.07 Å². The molecule has 0 bridgehead atoms. The van der Waals surface area contributed by atoms with E-state index in [1.54, 1.807) is 7.11 Å². The normalized spacial score (nSPS) is 9.69. The lowest BCUT2D eigenvalue weighted by Crippen LogP contribution is -1.93. The highest BCUT2D eigenvalue weighted by molar-refractivity contribution is 14.1. The first-order chi connectivity index (χ1) is 6.27. The third kappa shape index (κ3) is 2.99. The number of ether oxygens (including phenoxy) is 1. The number of carbonyl (C=O) groups is 1. The first kappa shape index (κ1) is 10.5. The molecule has 0 heterocycles. The number of methoxy groups -OCH3 is 1. The highest BCUT2D eigenvalue weighted by Gasteiger charge is 2.02. The van der Waals surface area contributed by atoms with Crippen LogP contribution in [0.5, 0.6) is 5.75 Å². The van der Waals surface area contributed by atoms with Crippen molar-refractivity contribution in [1.29, 1.82) is 0 Å². The standard InChI is InChI=1S/C10H11IO2/c1-13-10-7-9(11)5-4-8(10)3-2-6-12/h4-7H,2-3H2,1H3. The maximum atomic E-state index is 10.2. The SMILES string of the molecule is COc1cc(I)ccc1CCC=O. The fourth-order valence-electron chi connectivity index (χ4n) is 1.14. The van der Waals surface area contributed by atoms with Crippen molar-refractivity contribution in [2.75, 3.05) is 7.11 Å². The maximum absolute atomic E-state index is 10.2. The van der Waals surface area contributed by atoms with Crippen LogP contribution >= 0.6 is 22.6 Å². The van der Waals surface area contributed by atoms with E-state index < -0.39 is 0 Å². The summed E-state index contributed by atoms with van der Waals surface area (Å²) in [6, 6.07) is 5.99. The fourth-order valence-corrected chi connectivity index (χ4v) is 1.60. The van der Waals surface area contributed by atoms with Gasteiger partial charge >= 0.3 is 0 Å². The number of halogens is 1. The van der Waals surface area contributed by atoms with Crippen LogP contribution in [0, 0.1) is 3.57 Å². The predicted molar refractivity (Wildman–Crippen MR) is 60.1 cm³/mol. The van der Waals surface area contributed by atoms with Gasteiger partial charge in [-0.2, -0.15) is 0 Å². The summed E-state index contributed by atoms with van der Waals surface area (Å²) in [5.41, 5.74) is 1.09. The number of hydrogen-bond acceptors (Lipinski definition) is 2. The summed E-state index contributed by atoms with van der Waals surface area (Å²) in [6.07, 6.45) is 2.23. The molecule has 0 spiro atoms. The van der Waals surface area contributed by atoms with Gasteiger partial charge in [-0.25, -0.2) is 0 Å². The smallest absolute Gasteiger partial charge is 0.123 e. The van der Waals surface area contributed by atoms with Crippen molar-refractivity contribution in [3.63, 3.8) is 0 Å². The summed E-state index contributed by atoms with van der Waals surface area (Å²) in [7, 11) is 1.65. The highest BCUT2D eigenvalue weighted by atomic mass is 127. The second-order valence-corrected chi connectivity index (χ2v) is 3.91. The summed E-state index contributed by atoms with van der Waals surface area (Å²) in [4.78, 5) is 10.2. The van der Waals surface area contributed by atoms with Crippen molar-refractivity contribution in [2.24, 2.45) is 0 Å². The fraction of sp³-hybridized carbons (Fsp3) is 0.300. The molecule has 2 nitrogen and oxygen atoms in total. The van der Waals surface area contributed by atoms with E-state index >= 15 is 0 Å². The lowest BCUT2D eigenvalue weighted by Gasteiger charge is -2.06. The monoisotopic (exact) mass is 290 g/mol. The molecule has 0 unspecified atom stereocenters. The van der Waals surface area contributed by atoms with Crippen LogP contribution in [0.1, 0.15) is 12.0 Å². The van der Waals surface area contributed by atoms with Crippen LogP contribution in [0.2, 0.25) is 0 Å². The summed E-state index contributed by atoms with van der Waals surface area (Å²) in [5.74, 6) is 0.869. The van der Waals surface area contributed by atoms with Crippen molar-refractivity contribution in [2.45, 2.75) is 12.8 Å². The lowest BCUT2D eigenvalue weighted by molar-refractivity contribution is -0.107. The Kier molecular flexibility index (Phi) is 4.21. The third-order valence-corrected chi connectivity index (χ3v) is 2.45. The molecule has 0 fully saturated rings. The highest BCUT2D eigenvalue weighted by Crippen LogP contribution is 2.22. The van der Waals surface area contributed by atoms with Crippen LogP contribution in [0.4, 0.5) is 0 Å². The van der Waals surface area contributed by atoms with E-state index in [0.717, 1.165) is 27.6 Å². The van der Waals surface area contributed by atoms with E-state index in [-0.39, 0.29) is 0 Å². The molecule has 0 saturated carbocycles. The summed E-state index contributed by atoms with van der Waals surface area (Å²) in [6.45, 7) is 0. The summed E-state index contributed by atoms with van der Waals surface area (Å²) in [5, 5.41) is 0. The number of aryl methyl sites for hydroxylation is 1. The average molecular weight is 290 g/mol. The topological polar surface area (TPSA) is 26.3 Å². The minimum Gasteiger partial charge on any atom is -0.496 e. The predicted octanol–water partition coefficient (Wildman–Crippen LogP) is 2.43. The molecule has 0 saturated heterocycles. The largest absolute Gasteiger partial charge is 0.496 e. The molecule has 0 radical (unpaired) electrons. The molecule has 1 rings (SSSR count). The van der Waals surface area contributed by atoms with E-state index in [2.05, 4.69) is 22.6 Å². The molecule has 70 valence electrons. The Bertz CT molecular complexity index is 297. The zero-order valence-corrected chi connectivity index (χ0v) is 9.58. The Morgan fingerprint density at radius 3 is 2.92 bits per heavy atom. The number of benzene rings is 1. The first-order valence-electron chi connectivity index (χ1n) is 4.04. The molecule has 0 amide bonds. The van der Waals surface area contributed by atoms with E-state index in [0.29, 0.717) is 6.42 Å². The van der Waals surface area contributed by atoms with Gasteiger partial charge in [-0.3, -0.25) is 0 Å². The lowest BCUT2D eigenvalue weighted by atomic mass is 10.1. The molecule has 0 aliphatic carbocycles. The Balaban J connectivity index is 2.85. The number of carbonyl (C=O) groups excluding carboxylic acids is 1. The van der Waals surface area contributed by atoms with Crippen molar-refractivity contribution < 1.29 is 9.53 Å². The molecule has 0 aliphatic heterocycles. The zero-order valence-electron chi connectivity index (χ0n) is 7.42. The molecule has 0 aromatic heterocycles. The van der Waals surface area contributed by atoms with Gasteiger partial charge in [-0.15, -0.1) is 0 Å². The first-order valence-corrected chi connectivity index (χ1v) is 5.12. The zero-order chi connectivity index (χ0) is 9.68. The van der Waals surface area contributed by atoms with Crippen LogP contribution in [0.25, 0.3) is 0 Å². The van der Waals surface area contributed by atoms with E-state index in [1.165, 1.54) is 0 Å². The van der Waals surface area contributed by atoms with Gasteiger partial charge in [0.05, 0.1) is 7.11 Å². The Morgan fingerprint density at radius 2 is 2.31 bits per heavy atom. The minimum absolute atomic E-state index is 0.553. The Labute approximate surface area is 91.4 Å². The Morgan fingerprint density at radius 1 is 1.54 bits per heavy atom.